The predicted molar refractivity (Wildman–Crippen MR) is 129 cm³/mol. The number of aliphatic carboxylic acids is 1. The number of nitrogens with zero attached hydrogens (tertiary/aromatic N) is 3. The third-order valence-electron chi connectivity index (χ3n) is 5.51. The molecule has 0 radical (unpaired) electrons. The van der Waals surface area contributed by atoms with Gasteiger partial charge in [-0.25, -0.2) is 9.48 Å². The molecule has 0 saturated carbocycles. The molecular formula is C24H20N4O4S2. The fraction of sp³-hybridized carbons (Fsp3) is 0.167. The van der Waals surface area contributed by atoms with Crippen LogP contribution < -0.4 is 5.32 Å². The van der Waals surface area contributed by atoms with Crippen LogP contribution in [0.15, 0.2) is 88.6 Å². The number of benzene rings is 2. The van der Waals surface area contributed by atoms with Crippen molar-refractivity contribution < 1.29 is 19.5 Å². The molecule has 2 aliphatic rings. The topological polar surface area (TPSA) is 105 Å². The molecule has 172 valence electrons. The number of para-hydroxylation sites is 1. The number of rotatable bonds is 7. The molecule has 0 spiro atoms. The van der Waals surface area contributed by atoms with Crippen molar-refractivity contribution in [1.82, 2.24) is 20.0 Å². The summed E-state index contributed by atoms with van der Waals surface area (Å²) in [5.41, 5.74) is 1.64. The Labute approximate surface area is 204 Å². The van der Waals surface area contributed by atoms with Crippen LogP contribution in [0.25, 0.3) is 5.69 Å². The van der Waals surface area contributed by atoms with Gasteiger partial charge in [0.15, 0.2) is 0 Å². The number of β-lactam (4-membered cyclic amide) rings is 1. The molecule has 0 aliphatic carbocycles. The Balaban J connectivity index is 1.35. The molecule has 1 aromatic heterocycles. The second kappa shape index (κ2) is 9.40. The van der Waals surface area contributed by atoms with Crippen molar-refractivity contribution in [3.63, 3.8) is 0 Å². The predicted octanol–water partition coefficient (Wildman–Crippen LogP) is 2.90. The zero-order valence-electron chi connectivity index (χ0n) is 17.8. The SMILES string of the molecule is O=C(Cc1ccccc1)N[C@@H]1C(=O)N2C(C(=O)O)=C(Sc3ccccc3-n3cccn3)CS[C@@H]12. The highest BCUT2D eigenvalue weighted by Gasteiger charge is 2.54. The Bertz CT molecular complexity index is 1280. The van der Waals surface area contributed by atoms with Crippen molar-refractivity contribution in [2.75, 3.05) is 5.75 Å². The van der Waals surface area contributed by atoms with Gasteiger partial charge in [-0.2, -0.15) is 5.10 Å². The molecule has 2 N–H and O–H groups in total. The molecule has 0 unspecified atom stereocenters. The summed E-state index contributed by atoms with van der Waals surface area (Å²) in [6.07, 6.45) is 3.66. The molecule has 8 nitrogen and oxygen atoms in total. The van der Waals surface area contributed by atoms with E-state index in [-0.39, 0.29) is 18.0 Å². The van der Waals surface area contributed by atoms with Crippen molar-refractivity contribution in [1.29, 1.82) is 0 Å². The first-order valence-corrected chi connectivity index (χ1v) is 12.4. The minimum atomic E-state index is -1.16. The third-order valence-corrected chi connectivity index (χ3v) is 8.12. The summed E-state index contributed by atoms with van der Waals surface area (Å²) in [6.45, 7) is 0. The van der Waals surface area contributed by atoms with E-state index in [4.69, 9.17) is 0 Å². The third kappa shape index (κ3) is 4.22. The van der Waals surface area contributed by atoms with Crippen LogP contribution in [0, 0.1) is 0 Å². The first kappa shape index (κ1) is 22.3. The molecule has 2 amide bonds. The lowest BCUT2D eigenvalue weighted by Crippen LogP contribution is -2.70. The van der Waals surface area contributed by atoms with Gasteiger partial charge in [-0.3, -0.25) is 14.5 Å². The Morgan fingerprint density at radius 1 is 1.12 bits per heavy atom. The maximum absolute atomic E-state index is 12.9. The lowest BCUT2D eigenvalue weighted by molar-refractivity contribution is -0.150. The average Bonchev–Trinajstić information content (AvgIpc) is 3.38. The smallest absolute Gasteiger partial charge is 0.353 e. The normalized spacial score (nSPS) is 19.4. The number of aromatic nitrogens is 2. The summed E-state index contributed by atoms with van der Waals surface area (Å²) in [7, 11) is 0. The number of nitrogens with one attached hydrogen (secondary N) is 1. The standard InChI is InChI=1S/C24H20N4O4S2/c29-19(13-15-7-2-1-3-8-15)26-20-22(30)28-21(24(31)32)18(14-33-23(20)28)34-17-10-5-4-9-16(17)27-12-6-11-25-27/h1-12,20,23H,13-14H2,(H,26,29)(H,31,32)/t20-,23+/m1/s1. The van der Waals surface area contributed by atoms with E-state index in [1.807, 2.05) is 66.9 Å². The number of thioether (sulfide) groups is 2. The van der Waals surface area contributed by atoms with E-state index >= 15 is 0 Å². The zero-order chi connectivity index (χ0) is 23.7. The maximum atomic E-state index is 12.9. The Morgan fingerprint density at radius 2 is 1.88 bits per heavy atom. The molecule has 2 aromatic carbocycles. The number of fused-ring (bicyclic) bond motifs is 1. The molecular weight excluding hydrogens is 472 g/mol. The molecule has 3 heterocycles. The van der Waals surface area contributed by atoms with Gasteiger partial charge in [0.2, 0.25) is 5.91 Å². The number of hydrogen-bond donors (Lipinski definition) is 2. The Kier molecular flexibility index (Phi) is 6.16. The summed E-state index contributed by atoms with van der Waals surface area (Å²) < 4.78 is 1.72. The van der Waals surface area contributed by atoms with Crippen LogP contribution in [0.4, 0.5) is 0 Å². The summed E-state index contributed by atoms with van der Waals surface area (Å²) in [5, 5.41) is 16.6. The van der Waals surface area contributed by atoms with Gasteiger partial charge in [-0.05, 0) is 23.8 Å². The van der Waals surface area contributed by atoms with Gasteiger partial charge in [0.05, 0.1) is 12.1 Å². The van der Waals surface area contributed by atoms with Gasteiger partial charge in [-0.1, -0.05) is 54.2 Å². The van der Waals surface area contributed by atoms with Crippen molar-refractivity contribution in [2.45, 2.75) is 22.7 Å². The lowest BCUT2D eigenvalue weighted by Gasteiger charge is -2.49. The van der Waals surface area contributed by atoms with Crippen LogP contribution in [-0.2, 0) is 20.8 Å². The van der Waals surface area contributed by atoms with E-state index in [1.165, 1.54) is 28.4 Å². The minimum Gasteiger partial charge on any atom is -0.477 e. The fourth-order valence-electron chi connectivity index (χ4n) is 3.95. The van der Waals surface area contributed by atoms with Crippen LogP contribution in [0.2, 0.25) is 0 Å². The molecule has 1 saturated heterocycles. The fourth-order valence-corrected chi connectivity index (χ4v) is 6.55. The summed E-state index contributed by atoms with van der Waals surface area (Å²) in [5.74, 6) is -1.42. The highest BCUT2D eigenvalue weighted by atomic mass is 32.2. The molecule has 0 bridgehead atoms. The monoisotopic (exact) mass is 492 g/mol. The number of hydrogen-bond acceptors (Lipinski definition) is 6. The number of carboxylic acids is 1. The van der Waals surface area contributed by atoms with Gasteiger partial charge >= 0.3 is 5.97 Å². The van der Waals surface area contributed by atoms with E-state index in [1.54, 1.807) is 10.9 Å². The quantitative estimate of drug-likeness (QED) is 0.489. The first-order valence-electron chi connectivity index (χ1n) is 10.5. The summed E-state index contributed by atoms with van der Waals surface area (Å²) >= 11 is 2.77. The molecule has 2 aliphatic heterocycles. The molecule has 5 rings (SSSR count). The zero-order valence-corrected chi connectivity index (χ0v) is 19.5. The second-order valence-corrected chi connectivity index (χ2v) is 9.96. The van der Waals surface area contributed by atoms with E-state index in [9.17, 15) is 19.5 Å². The van der Waals surface area contributed by atoms with E-state index in [0.29, 0.717) is 10.7 Å². The van der Waals surface area contributed by atoms with E-state index in [0.717, 1.165) is 16.1 Å². The minimum absolute atomic E-state index is 0.0254. The Morgan fingerprint density at radius 3 is 2.62 bits per heavy atom. The number of carbonyl (C=O) groups is 3. The van der Waals surface area contributed by atoms with E-state index in [2.05, 4.69) is 10.4 Å². The van der Waals surface area contributed by atoms with Gasteiger partial charge in [0.1, 0.15) is 17.1 Å². The second-order valence-electron chi connectivity index (χ2n) is 7.71. The molecule has 34 heavy (non-hydrogen) atoms. The van der Waals surface area contributed by atoms with Gasteiger partial charge in [0, 0.05) is 27.9 Å². The highest BCUT2D eigenvalue weighted by molar-refractivity contribution is 8.06. The van der Waals surface area contributed by atoms with Crippen LogP contribution in [0.5, 0.6) is 0 Å². The van der Waals surface area contributed by atoms with Gasteiger partial charge in [0.25, 0.3) is 5.91 Å². The molecule has 3 aromatic rings. The summed E-state index contributed by atoms with van der Waals surface area (Å²) in [6, 6.07) is 17.9. The largest absolute Gasteiger partial charge is 0.477 e. The van der Waals surface area contributed by atoms with Crippen molar-refractivity contribution >= 4 is 41.3 Å². The molecule has 1 fully saturated rings. The summed E-state index contributed by atoms with van der Waals surface area (Å²) in [4.78, 5) is 40.3. The first-order chi connectivity index (χ1) is 16.5. The van der Waals surface area contributed by atoms with Crippen LogP contribution in [-0.4, -0.2) is 54.7 Å². The number of amides is 2. The van der Waals surface area contributed by atoms with Crippen molar-refractivity contribution in [2.24, 2.45) is 0 Å². The maximum Gasteiger partial charge on any atom is 0.353 e. The van der Waals surface area contributed by atoms with Crippen molar-refractivity contribution in [3.8, 4) is 5.69 Å². The number of carboxylic acid groups (broad SMARTS) is 1. The highest BCUT2D eigenvalue weighted by Crippen LogP contribution is 2.46. The van der Waals surface area contributed by atoms with Crippen molar-refractivity contribution in [3.05, 3.63) is 89.2 Å². The van der Waals surface area contributed by atoms with E-state index < -0.39 is 23.3 Å². The molecule has 10 heteroatoms. The van der Waals surface area contributed by atoms with Crippen LogP contribution >= 0.6 is 23.5 Å². The van der Waals surface area contributed by atoms with Crippen LogP contribution in [0.1, 0.15) is 5.56 Å². The Hall–Kier alpha value is -3.50. The van der Waals surface area contributed by atoms with Crippen LogP contribution in [0.3, 0.4) is 0 Å². The number of carbonyl (C=O) groups excluding carboxylic acids is 2. The van der Waals surface area contributed by atoms with Gasteiger partial charge in [-0.15, -0.1) is 11.8 Å². The van der Waals surface area contributed by atoms with Gasteiger partial charge < -0.3 is 10.4 Å². The average molecular weight is 493 g/mol. The lowest BCUT2D eigenvalue weighted by atomic mass is 10.0. The molecule has 2 atom stereocenters.